The minimum atomic E-state index is 0.533. The van der Waals surface area contributed by atoms with Gasteiger partial charge >= 0.3 is 0 Å². The van der Waals surface area contributed by atoms with Gasteiger partial charge in [-0.3, -0.25) is 4.90 Å². The normalized spacial score (nSPS) is 11.5. The van der Waals surface area contributed by atoms with E-state index in [1.807, 2.05) is 11.3 Å². The maximum Gasteiger partial charge on any atom is 0.0334 e. The summed E-state index contributed by atoms with van der Waals surface area (Å²) < 4.78 is 0. The fourth-order valence-corrected chi connectivity index (χ4v) is 3.03. The molecule has 1 aromatic heterocycles. The zero-order chi connectivity index (χ0) is 14.5. The molecule has 0 spiro atoms. The minimum Gasteiger partial charge on any atom is -0.326 e. The molecule has 2 aromatic rings. The summed E-state index contributed by atoms with van der Waals surface area (Å²) in [5, 5.41) is 2.15. The number of hydrogen-bond donors (Lipinski definition) is 1. The molecule has 1 heterocycles. The van der Waals surface area contributed by atoms with Crippen molar-refractivity contribution < 1.29 is 0 Å². The Morgan fingerprint density at radius 2 is 2.00 bits per heavy atom. The Balaban J connectivity index is 2.11. The van der Waals surface area contributed by atoms with Gasteiger partial charge in [0.25, 0.3) is 0 Å². The highest BCUT2D eigenvalue weighted by atomic mass is 32.1. The van der Waals surface area contributed by atoms with Crippen LogP contribution in [-0.2, 0) is 19.6 Å². The van der Waals surface area contributed by atoms with E-state index < -0.39 is 0 Å². The maximum absolute atomic E-state index is 5.70. The first-order chi connectivity index (χ1) is 9.60. The van der Waals surface area contributed by atoms with Crippen LogP contribution >= 0.6 is 11.3 Å². The number of rotatable bonds is 6. The van der Waals surface area contributed by atoms with Crippen LogP contribution in [0.25, 0.3) is 0 Å². The number of aryl methyl sites for hydroxylation is 1. The van der Waals surface area contributed by atoms with Crippen molar-refractivity contribution in [3.63, 3.8) is 0 Å². The van der Waals surface area contributed by atoms with Gasteiger partial charge in [-0.25, -0.2) is 0 Å². The summed E-state index contributed by atoms with van der Waals surface area (Å²) >= 11 is 1.83. The van der Waals surface area contributed by atoms with Crippen LogP contribution in [0.15, 0.2) is 35.7 Å². The summed E-state index contributed by atoms with van der Waals surface area (Å²) in [6.45, 7) is 9.33. The molecule has 20 heavy (non-hydrogen) atoms. The van der Waals surface area contributed by atoms with Gasteiger partial charge in [-0.2, -0.15) is 0 Å². The summed E-state index contributed by atoms with van der Waals surface area (Å²) in [4.78, 5) is 3.94. The third-order valence-electron chi connectivity index (χ3n) is 3.69. The van der Waals surface area contributed by atoms with Crippen molar-refractivity contribution in [3.8, 4) is 0 Å². The third-order valence-corrected chi connectivity index (χ3v) is 4.55. The van der Waals surface area contributed by atoms with Gasteiger partial charge in [0.05, 0.1) is 0 Å². The van der Waals surface area contributed by atoms with E-state index >= 15 is 0 Å². The van der Waals surface area contributed by atoms with Gasteiger partial charge < -0.3 is 5.73 Å². The molecule has 1 aromatic carbocycles. The van der Waals surface area contributed by atoms with Crippen LogP contribution in [0.4, 0.5) is 0 Å². The summed E-state index contributed by atoms with van der Waals surface area (Å²) in [6, 6.07) is 11.4. The van der Waals surface area contributed by atoms with Gasteiger partial charge in [-0.1, -0.05) is 24.3 Å². The predicted molar refractivity (Wildman–Crippen MR) is 87.8 cm³/mol. The van der Waals surface area contributed by atoms with E-state index in [2.05, 4.69) is 61.4 Å². The van der Waals surface area contributed by atoms with Crippen molar-refractivity contribution in [3.05, 3.63) is 57.3 Å². The van der Waals surface area contributed by atoms with Crippen molar-refractivity contribution in [2.75, 3.05) is 0 Å². The fourth-order valence-electron chi connectivity index (χ4n) is 2.30. The van der Waals surface area contributed by atoms with E-state index in [1.165, 1.54) is 21.6 Å². The smallest absolute Gasteiger partial charge is 0.0334 e. The molecule has 0 atom stereocenters. The highest BCUT2D eigenvalue weighted by Gasteiger charge is 2.12. The van der Waals surface area contributed by atoms with Crippen LogP contribution < -0.4 is 5.73 Å². The first kappa shape index (κ1) is 15.2. The molecule has 0 saturated carbocycles. The summed E-state index contributed by atoms with van der Waals surface area (Å²) in [5.74, 6) is 0. The zero-order valence-electron chi connectivity index (χ0n) is 12.6. The quantitative estimate of drug-likeness (QED) is 0.872. The second-order valence-corrected chi connectivity index (χ2v) is 6.58. The Kier molecular flexibility index (Phi) is 5.35. The van der Waals surface area contributed by atoms with E-state index in [1.54, 1.807) is 0 Å². The Bertz CT molecular complexity index is 532. The van der Waals surface area contributed by atoms with Gasteiger partial charge in [0, 0.05) is 30.6 Å². The van der Waals surface area contributed by atoms with Crippen LogP contribution in [0.3, 0.4) is 0 Å². The molecule has 2 N–H and O–H groups in total. The molecule has 0 bridgehead atoms. The van der Waals surface area contributed by atoms with Crippen LogP contribution in [0, 0.1) is 6.92 Å². The lowest BCUT2D eigenvalue weighted by molar-refractivity contribution is 0.205. The molecule has 0 fully saturated rings. The summed E-state index contributed by atoms with van der Waals surface area (Å²) in [5.41, 5.74) is 9.64. The van der Waals surface area contributed by atoms with Crippen molar-refractivity contribution in [1.82, 2.24) is 4.90 Å². The van der Waals surface area contributed by atoms with E-state index in [4.69, 9.17) is 5.73 Å². The Morgan fingerprint density at radius 1 is 1.20 bits per heavy atom. The molecular formula is C17H24N2S. The lowest BCUT2D eigenvalue weighted by Gasteiger charge is -2.27. The van der Waals surface area contributed by atoms with Crippen molar-refractivity contribution >= 4 is 11.3 Å². The first-order valence-electron chi connectivity index (χ1n) is 7.15. The standard InChI is InChI=1S/C17H24N2S/c1-13(2)19(12-17-5-4-8-20-17)11-16-7-6-15(10-18)9-14(16)3/h4-9,13H,10-12,18H2,1-3H3. The van der Waals surface area contributed by atoms with Crippen molar-refractivity contribution in [2.24, 2.45) is 5.73 Å². The lowest BCUT2D eigenvalue weighted by atomic mass is 10.0. The molecular weight excluding hydrogens is 264 g/mol. The SMILES string of the molecule is Cc1cc(CN)ccc1CN(Cc1cccs1)C(C)C. The van der Waals surface area contributed by atoms with E-state index in [0.29, 0.717) is 12.6 Å². The van der Waals surface area contributed by atoms with Crippen LogP contribution in [-0.4, -0.2) is 10.9 Å². The second-order valence-electron chi connectivity index (χ2n) is 5.54. The van der Waals surface area contributed by atoms with Crippen molar-refractivity contribution in [2.45, 2.75) is 46.4 Å². The maximum atomic E-state index is 5.70. The highest BCUT2D eigenvalue weighted by molar-refractivity contribution is 7.09. The molecule has 0 aliphatic carbocycles. The molecule has 0 amide bonds. The van der Waals surface area contributed by atoms with Crippen LogP contribution in [0.2, 0.25) is 0 Å². The topological polar surface area (TPSA) is 29.3 Å². The highest BCUT2D eigenvalue weighted by Crippen LogP contribution is 2.19. The van der Waals surface area contributed by atoms with Gasteiger partial charge in [0.2, 0.25) is 0 Å². The molecule has 0 radical (unpaired) electrons. The minimum absolute atomic E-state index is 0.533. The molecule has 108 valence electrons. The van der Waals surface area contributed by atoms with Crippen molar-refractivity contribution in [1.29, 1.82) is 0 Å². The van der Waals surface area contributed by atoms with Gasteiger partial charge in [-0.15, -0.1) is 11.3 Å². The number of benzene rings is 1. The van der Waals surface area contributed by atoms with Gasteiger partial charge in [-0.05, 0) is 48.9 Å². The molecule has 0 saturated heterocycles. The zero-order valence-corrected chi connectivity index (χ0v) is 13.4. The first-order valence-corrected chi connectivity index (χ1v) is 8.03. The number of thiophene rings is 1. The lowest BCUT2D eigenvalue weighted by Crippen LogP contribution is -2.29. The average molecular weight is 288 g/mol. The fraction of sp³-hybridized carbons (Fsp3) is 0.412. The van der Waals surface area contributed by atoms with Gasteiger partial charge in [0.1, 0.15) is 0 Å². The molecule has 0 aliphatic heterocycles. The molecule has 0 aliphatic rings. The van der Waals surface area contributed by atoms with Gasteiger partial charge in [0.15, 0.2) is 0 Å². The summed E-state index contributed by atoms with van der Waals surface area (Å²) in [6.07, 6.45) is 0. The van der Waals surface area contributed by atoms with Crippen LogP contribution in [0.5, 0.6) is 0 Å². The Labute approximate surface area is 126 Å². The second kappa shape index (κ2) is 7.02. The Morgan fingerprint density at radius 3 is 2.55 bits per heavy atom. The molecule has 2 nitrogen and oxygen atoms in total. The molecule has 2 rings (SSSR count). The number of nitrogens with zero attached hydrogens (tertiary/aromatic N) is 1. The monoisotopic (exact) mass is 288 g/mol. The Hall–Kier alpha value is -1.16. The molecule has 0 unspecified atom stereocenters. The molecule has 3 heteroatoms. The largest absolute Gasteiger partial charge is 0.326 e. The third kappa shape index (κ3) is 3.92. The number of nitrogens with two attached hydrogens (primary N) is 1. The van der Waals surface area contributed by atoms with E-state index in [9.17, 15) is 0 Å². The average Bonchev–Trinajstić information content (AvgIpc) is 2.92. The summed E-state index contributed by atoms with van der Waals surface area (Å²) in [7, 11) is 0. The number of hydrogen-bond acceptors (Lipinski definition) is 3. The van der Waals surface area contributed by atoms with E-state index in [-0.39, 0.29) is 0 Å². The predicted octanol–water partition coefficient (Wildman–Crippen LogP) is 3.93. The van der Waals surface area contributed by atoms with E-state index in [0.717, 1.165) is 13.1 Å². The van der Waals surface area contributed by atoms with Crippen LogP contribution in [0.1, 0.15) is 35.4 Å².